The quantitative estimate of drug-likeness (QED) is 0.732. The Morgan fingerprint density at radius 3 is 2.41 bits per heavy atom. The number of nitrogens with zero attached hydrogens (tertiary/aromatic N) is 4. The van der Waals surface area contributed by atoms with Gasteiger partial charge in [0.15, 0.2) is 11.5 Å². The predicted molar refractivity (Wildman–Crippen MR) is 109 cm³/mol. The molecule has 27 heavy (non-hydrogen) atoms. The average molecular weight is 368 g/mol. The van der Waals surface area contributed by atoms with Crippen molar-refractivity contribution >= 4 is 23.1 Å². The van der Waals surface area contributed by atoms with Gasteiger partial charge in [0.1, 0.15) is 0 Å². The summed E-state index contributed by atoms with van der Waals surface area (Å²) in [4.78, 5) is 16.7. The van der Waals surface area contributed by atoms with Gasteiger partial charge in [-0.2, -0.15) is 0 Å². The number of hydrogen-bond donors (Lipinski definition) is 2. The van der Waals surface area contributed by atoms with Crippen LogP contribution in [0.4, 0.5) is 17.2 Å². The van der Waals surface area contributed by atoms with E-state index < -0.39 is 0 Å². The molecule has 1 fully saturated rings. The van der Waals surface area contributed by atoms with E-state index in [-0.39, 0.29) is 5.91 Å². The smallest absolute Gasteiger partial charge is 0.271 e. The minimum absolute atomic E-state index is 0.181. The second kappa shape index (κ2) is 9.32. The van der Waals surface area contributed by atoms with Crippen molar-refractivity contribution in [2.75, 3.05) is 50.0 Å². The highest BCUT2D eigenvalue weighted by Crippen LogP contribution is 2.21. The van der Waals surface area contributed by atoms with Gasteiger partial charge in [-0.3, -0.25) is 4.79 Å². The maximum atomic E-state index is 12.0. The van der Waals surface area contributed by atoms with Crippen LogP contribution in [-0.4, -0.2) is 60.8 Å². The van der Waals surface area contributed by atoms with Gasteiger partial charge < -0.3 is 20.4 Å². The van der Waals surface area contributed by atoms with Crippen molar-refractivity contribution in [1.82, 2.24) is 20.4 Å². The van der Waals surface area contributed by atoms with Crippen LogP contribution >= 0.6 is 0 Å². The second-order valence-corrected chi connectivity index (χ2v) is 6.88. The zero-order valence-electron chi connectivity index (χ0n) is 16.1. The number of likely N-dealkylation sites (N-methyl/N-ethyl adjacent to an activating group) is 1. The summed E-state index contributed by atoms with van der Waals surface area (Å²) in [5.41, 5.74) is 2.52. The van der Waals surface area contributed by atoms with Crippen molar-refractivity contribution in [2.24, 2.45) is 0 Å². The van der Waals surface area contributed by atoms with Crippen molar-refractivity contribution in [3.8, 4) is 0 Å². The topological polar surface area (TPSA) is 73.4 Å². The Bertz CT molecular complexity index is 723. The first-order valence-corrected chi connectivity index (χ1v) is 9.58. The maximum absolute atomic E-state index is 12.0. The molecule has 0 spiro atoms. The van der Waals surface area contributed by atoms with E-state index in [0.717, 1.165) is 44.7 Å². The van der Waals surface area contributed by atoms with Gasteiger partial charge in [0.25, 0.3) is 5.91 Å². The van der Waals surface area contributed by atoms with Crippen molar-refractivity contribution < 1.29 is 4.79 Å². The molecule has 1 aliphatic heterocycles. The standard InChI is InChI=1S/C20H28N6O/c1-3-4-11-21-20(27)18-9-10-19(24-23-18)22-16-5-7-17(8-6-16)26-14-12-25(2)13-15-26/h5-10H,3-4,11-15H2,1-2H3,(H,21,27)(H,22,24). The van der Waals surface area contributed by atoms with E-state index in [9.17, 15) is 4.79 Å². The normalized spacial score (nSPS) is 14.8. The molecule has 0 bridgehead atoms. The summed E-state index contributed by atoms with van der Waals surface area (Å²) in [5, 5.41) is 14.2. The summed E-state index contributed by atoms with van der Waals surface area (Å²) in [7, 11) is 2.16. The fraction of sp³-hybridized carbons (Fsp3) is 0.450. The number of carbonyl (C=O) groups excluding carboxylic acids is 1. The molecule has 1 aromatic carbocycles. The Balaban J connectivity index is 1.55. The zero-order chi connectivity index (χ0) is 19.1. The summed E-state index contributed by atoms with van der Waals surface area (Å²) in [5.74, 6) is 0.437. The lowest BCUT2D eigenvalue weighted by Gasteiger charge is -2.34. The highest BCUT2D eigenvalue weighted by Gasteiger charge is 2.14. The van der Waals surface area contributed by atoms with Gasteiger partial charge in [0.05, 0.1) is 0 Å². The number of rotatable bonds is 7. The number of hydrogen-bond acceptors (Lipinski definition) is 6. The molecule has 1 saturated heterocycles. The molecule has 3 rings (SSSR count). The Hall–Kier alpha value is -2.67. The van der Waals surface area contributed by atoms with E-state index >= 15 is 0 Å². The second-order valence-electron chi connectivity index (χ2n) is 6.88. The molecule has 1 amide bonds. The van der Waals surface area contributed by atoms with E-state index in [2.05, 4.69) is 56.7 Å². The Labute approximate surface area is 160 Å². The van der Waals surface area contributed by atoms with Crippen LogP contribution in [0, 0.1) is 0 Å². The Morgan fingerprint density at radius 2 is 1.78 bits per heavy atom. The predicted octanol–water partition coefficient (Wildman–Crippen LogP) is 2.50. The molecule has 7 nitrogen and oxygen atoms in total. The molecule has 0 atom stereocenters. The van der Waals surface area contributed by atoms with Crippen molar-refractivity contribution in [2.45, 2.75) is 19.8 Å². The first-order chi connectivity index (χ1) is 13.2. The molecular formula is C20H28N6O. The maximum Gasteiger partial charge on any atom is 0.271 e. The third-order valence-electron chi connectivity index (χ3n) is 4.72. The highest BCUT2D eigenvalue weighted by molar-refractivity contribution is 5.92. The van der Waals surface area contributed by atoms with Crippen LogP contribution in [0.25, 0.3) is 0 Å². The number of carbonyl (C=O) groups is 1. The van der Waals surface area contributed by atoms with Crippen LogP contribution in [0.2, 0.25) is 0 Å². The first kappa shape index (κ1) is 19.1. The zero-order valence-corrected chi connectivity index (χ0v) is 16.1. The number of unbranched alkanes of at least 4 members (excludes halogenated alkanes) is 1. The molecule has 0 saturated carbocycles. The van der Waals surface area contributed by atoms with Crippen molar-refractivity contribution in [3.05, 3.63) is 42.1 Å². The monoisotopic (exact) mass is 368 g/mol. The molecule has 0 radical (unpaired) electrons. The van der Waals surface area contributed by atoms with Crippen LogP contribution in [0.15, 0.2) is 36.4 Å². The summed E-state index contributed by atoms with van der Waals surface area (Å²) in [6.45, 7) is 7.04. The summed E-state index contributed by atoms with van der Waals surface area (Å²) in [6.07, 6.45) is 2.01. The van der Waals surface area contributed by atoms with E-state index in [1.165, 1.54) is 5.69 Å². The van der Waals surface area contributed by atoms with Crippen LogP contribution in [-0.2, 0) is 0 Å². The average Bonchev–Trinajstić information content (AvgIpc) is 2.70. The number of benzene rings is 1. The summed E-state index contributed by atoms with van der Waals surface area (Å²) >= 11 is 0. The molecule has 2 N–H and O–H groups in total. The largest absolute Gasteiger partial charge is 0.369 e. The molecule has 1 aliphatic rings. The van der Waals surface area contributed by atoms with E-state index in [0.29, 0.717) is 18.1 Å². The minimum Gasteiger partial charge on any atom is -0.369 e. The van der Waals surface area contributed by atoms with Crippen LogP contribution in [0.1, 0.15) is 30.3 Å². The SMILES string of the molecule is CCCCNC(=O)c1ccc(Nc2ccc(N3CCN(C)CC3)cc2)nn1. The lowest BCUT2D eigenvalue weighted by Crippen LogP contribution is -2.44. The molecule has 0 unspecified atom stereocenters. The molecule has 1 aromatic heterocycles. The van der Waals surface area contributed by atoms with Gasteiger partial charge in [-0.25, -0.2) is 0 Å². The molecular weight excluding hydrogens is 340 g/mol. The first-order valence-electron chi connectivity index (χ1n) is 9.58. The number of aromatic nitrogens is 2. The molecule has 2 heterocycles. The number of piperazine rings is 1. The van der Waals surface area contributed by atoms with E-state index in [1.54, 1.807) is 12.1 Å². The molecule has 7 heteroatoms. The lowest BCUT2D eigenvalue weighted by molar-refractivity contribution is 0.0947. The van der Waals surface area contributed by atoms with Crippen molar-refractivity contribution in [3.63, 3.8) is 0 Å². The fourth-order valence-corrected chi connectivity index (χ4v) is 2.96. The number of anilines is 3. The highest BCUT2D eigenvalue weighted by atomic mass is 16.1. The molecule has 144 valence electrons. The number of nitrogens with one attached hydrogen (secondary N) is 2. The van der Waals surface area contributed by atoms with Gasteiger partial charge >= 0.3 is 0 Å². The van der Waals surface area contributed by atoms with Gasteiger partial charge in [0.2, 0.25) is 0 Å². The third-order valence-corrected chi connectivity index (χ3v) is 4.72. The molecule has 0 aliphatic carbocycles. The van der Waals surface area contributed by atoms with Gasteiger partial charge in [-0.05, 0) is 49.9 Å². The molecule has 2 aromatic rings. The van der Waals surface area contributed by atoms with E-state index in [1.807, 2.05) is 12.1 Å². The van der Waals surface area contributed by atoms with Gasteiger partial charge in [-0.1, -0.05) is 13.3 Å². The Morgan fingerprint density at radius 1 is 1.04 bits per heavy atom. The van der Waals surface area contributed by atoms with Crippen LogP contribution in [0.5, 0.6) is 0 Å². The number of amides is 1. The Kier molecular flexibility index (Phi) is 6.59. The fourth-order valence-electron chi connectivity index (χ4n) is 2.96. The van der Waals surface area contributed by atoms with Gasteiger partial charge in [0, 0.05) is 44.1 Å². The minimum atomic E-state index is -0.181. The van der Waals surface area contributed by atoms with Gasteiger partial charge in [-0.15, -0.1) is 10.2 Å². The van der Waals surface area contributed by atoms with Crippen LogP contribution in [0.3, 0.4) is 0 Å². The van der Waals surface area contributed by atoms with Crippen molar-refractivity contribution in [1.29, 1.82) is 0 Å². The third kappa shape index (κ3) is 5.40. The van der Waals surface area contributed by atoms with E-state index in [4.69, 9.17) is 0 Å². The summed E-state index contributed by atoms with van der Waals surface area (Å²) in [6, 6.07) is 11.8. The van der Waals surface area contributed by atoms with Crippen LogP contribution < -0.4 is 15.5 Å². The lowest BCUT2D eigenvalue weighted by atomic mass is 10.2. The summed E-state index contributed by atoms with van der Waals surface area (Å²) < 4.78 is 0.